The summed E-state index contributed by atoms with van der Waals surface area (Å²) in [4.78, 5) is 0. The first-order chi connectivity index (χ1) is 8.26. The van der Waals surface area contributed by atoms with Crippen molar-refractivity contribution < 1.29 is 14.2 Å². The first-order valence-electron chi connectivity index (χ1n) is 5.43. The van der Waals surface area contributed by atoms with E-state index in [1.165, 1.54) is 0 Å². The molecule has 0 bridgehead atoms. The summed E-state index contributed by atoms with van der Waals surface area (Å²) in [6.45, 7) is 0.629. The third kappa shape index (κ3) is 3.59. The van der Waals surface area contributed by atoms with Crippen molar-refractivity contribution in [3.63, 3.8) is 0 Å². The van der Waals surface area contributed by atoms with E-state index in [1.54, 1.807) is 21.3 Å². The third-order valence-corrected chi connectivity index (χ3v) is 2.63. The molecule has 0 amide bonds. The summed E-state index contributed by atoms with van der Waals surface area (Å²) in [6.07, 6.45) is 0.774. The van der Waals surface area contributed by atoms with Crippen LogP contribution in [0.3, 0.4) is 0 Å². The lowest BCUT2D eigenvalue weighted by atomic mass is 10.0. The Labute approximate surface area is 102 Å². The second kappa shape index (κ2) is 7.11. The van der Waals surface area contributed by atoms with Crippen molar-refractivity contribution in [2.24, 2.45) is 5.84 Å². The summed E-state index contributed by atoms with van der Waals surface area (Å²) in [5.74, 6) is 7.06. The molecule has 1 aromatic rings. The van der Waals surface area contributed by atoms with E-state index in [-0.39, 0.29) is 6.04 Å². The Bertz CT molecular complexity index is 345. The minimum Gasteiger partial charge on any atom is -0.497 e. The summed E-state index contributed by atoms with van der Waals surface area (Å²) in [6, 6.07) is 5.66. The van der Waals surface area contributed by atoms with Crippen molar-refractivity contribution in [1.82, 2.24) is 5.43 Å². The van der Waals surface area contributed by atoms with Crippen LogP contribution in [0.15, 0.2) is 18.2 Å². The van der Waals surface area contributed by atoms with Crippen molar-refractivity contribution in [3.8, 4) is 11.5 Å². The average molecular weight is 240 g/mol. The third-order valence-electron chi connectivity index (χ3n) is 2.63. The Kier molecular flexibility index (Phi) is 5.76. The van der Waals surface area contributed by atoms with E-state index in [4.69, 9.17) is 20.1 Å². The van der Waals surface area contributed by atoms with Crippen LogP contribution in [0.5, 0.6) is 11.5 Å². The highest BCUT2D eigenvalue weighted by Gasteiger charge is 2.15. The fraction of sp³-hybridized carbons (Fsp3) is 0.500. The summed E-state index contributed by atoms with van der Waals surface area (Å²) in [5, 5.41) is 0. The first-order valence-corrected chi connectivity index (χ1v) is 5.43. The predicted octanol–water partition coefficient (Wildman–Crippen LogP) is 1.24. The number of benzene rings is 1. The van der Waals surface area contributed by atoms with Gasteiger partial charge in [-0.25, -0.2) is 0 Å². The lowest BCUT2D eigenvalue weighted by molar-refractivity contribution is 0.182. The zero-order chi connectivity index (χ0) is 12.7. The summed E-state index contributed by atoms with van der Waals surface area (Å²) in [5.41, 5.74) is 3.76. The van der Waals surface area contributed by atoms with Gasteiger partial charge in [0.25, 0.3) is 0 Å². The normalized spacial score (nSPS) is 12.2. The van der Waals surface area contributed by atoms with Crippen molar-refractivity contribution in [2.45, 2.75) is 12.5 Å². The van der Waals surface area contributed by atoms with Crippen LogP contribution in [0.25, 0.3) is 0 Å². The van der Waals surface area contributed by atoms with Gasteiger partial charge in [0.1, 0.15) is 11.5 Å². The molecule has 0 heterocycles. The van der Waals surface area contributed by atoms with Gasteiger partial charge in [-0.3, -0.25) is 11.3 Å². The van der Waals surface area contributed by atoms with E-state index in [0.717, 1.165) is 23.5 Å². The molecule has 0 radical (unpaired) electrons. The van der Waals surface area contributed by atoms with Gasteiger partial charge in [0.15, 0.2) is 0 Å². The number of nitrogens with two attached hydrogens (primary N) is 1. The molecular formula is C12H20N2O3. The molecule has 5 heteroatoms. The monoisotopic (exact) mass is 240 g/mol. The molecule has 0 aliphatic carbocycles. The summed E-state index contributed by atoms with van der Waals surface area (Å²) < 4.78 is 15.5. The van der Waals surface area contributed by atoms with E-state index in [0.29, 0.717) is 6.61 Å². The lowest BCUT2D eigenvalue weighted by Crippen LogP contribution is -2.29. The molecule has 1 rings (SSSR count). The van der Waals surface area contributed by atoms with E-state index in [2.05, 4.69) is 5.43 Å². The molecule has 0 aliphatic heterocycles. The quantitative estimate of drug-likeness (QED) is 0.554. The van der Waals surface area contributed by atoms with Crippen LogP contribution >= 0.6 is 0 Å². The number of rotatable bonds is 7. The van der Waals surface area contributed by atoms with Crippen molar-refractivity contribution >= 4 is 0 Å². The molecular weight excluding hydrogens is 220 g/mol. The van der Waals surface area contributed by atoms with Crippen LogP contribution in [-0.2, 0) is 4.74 Å². The minimum absolute atomic E-state index is 0.00388. The van der Waals surface area contributed by atoms with Crippen LogP contribution in [0.4, 0.5) is 0 Å². The van der Waals surface area contributed by atoms with Gasteiger partial charge in [0.2, 0.25) is 0 Å². The Hall–Kier alpha value is -1.30. The summed E-state index contributed by atoms with van der Waals surface area (Å²) >= 11 is 0. The summed E-state index contributed by atoms with van der Waals surface area (Å²) in [7, 11) is 4.92. The highest BCUT2D eigenvalue weighted by molar-refractivity contribution is 5.42. The average Bonchev–Trinajstić information content (AvgIpc) is 2.39. The first kappa shape index (κ1) is 13.8. The topological polar surface area (TPSA) is 65.7 Å². The second-order valence-corrected chi connectivity index (χ2v) is 3.61. The number of hydrogen-bond donors (Lipinski definition) is 2. The minimum atomic E-state index is -0.00388. The molecule has 0 saturated heterocycles. The fourth-order valence-electron chi connectivity index (χ4n) is 1.67. The van der Waals surface area contributed by atoms with Gasteiger partial charge in [-0.05, 0) is 12.5 Å². The molecule has 0 aliphatic rings. The highest BCUT2D eigenvalue weighted by Crippen LogP contribution is 2.30. The molecule has 17 heavy (non-hydrogen) atoms. The smallest absolute Gasteiger partial charge is 0.127 e. The van der Waals surface area contributed by atoms with E-state index in [9.17, 15) is 0 Å². The molecule has 0 spiro atoms. The van der Waals surface area contributed by atoms with E-state index in [1.807, 2.05) is 18.2 Å². The van der Waals surface area contributed by atoms with E-state index >= 15 is 0 Å². The second-order valence-electron chi connectivity index (χ2n) is 3.61. The van der Waals surface area contributed by atoms with Crippen LogP contribution in [0.1, 0.15) is 18.0 Å². The number of methoxy groups -OCH3 is 3. The predicted molar refractivity (Wildman–Crippen MR) is 66.1 cm³/mol. The number of hydrogen-bond acceptors (Lipinski definition) is 5. The van der Waals surface area contributed by atoms with Crippen LogP contribution < -0.4 is 20.7 Å². The van der Waals surface area contributed by atoms with Gasteiger partial charge in [-0.1, -0.05) is 6.07 Å². The maximum Gasteiger partial charge on any atom is 0.127 e. The molecule has 1 aromatic carbocycles. The number of ether oxygens (including phenoxy) is 3. The van der Waals surface area contributed by atoms with Gasteiger partial charge in [-0.15, -0.1) is 0 Å². The molecule has 0 saturated carbocycles. The SMILES string of the molecule is COCCC(NN)c1ccc(OC)cc1OC. The molecule has 5 nitrogen and oxygen atoms in total. The van der Waals surface area contributed by atoms with Gasteiger partial charge >= 0.3 is 0 Å². The standard InChI is InChI=1S/C12H20N2O3/c1-15-7-6-11(14-13)10-5-4-9(16-2)8-12(10)17-3/h4-5,8,11,14H,6-7,13H2,1-3H3. The van der Waals surface area contributed by atoms with Crippen LogP contribution in [0, 0.1) is 0 Å². The number of hydrazine groups is 1. The van der Waals surface area contributed by atoms with Crippen LogP contribution in [0.2, 0.25) is 0 Å². The van der Waals surface area contributed by atoms with Gasteiger partial charge in [0.05, 0.1) is 20.3 Å². The van der Waals surface area contributed by atoms with E-state index < -0.39 is 0 Å². The van der Waals surface area contributed by atoms with Crippen molar-refractivity contribution in [3.05, 3.63) is 23.8 Å². The Morgan fingerprint density at radius 3 is 2.53 bits per heavy atom. The fourth-order valence-corrected chi connectivity index (χ4v) is 1.67. The maximum absolute atomic E-state index is 5.55. The van der Waals surface area contributed by atoms with Crippen LogP contribution in [-0.4, -0.2) is 27.9 Å². The molecule has 96 valence electrons. The molecule has 3 N–H and O–H groups in total. The Morgan fingerprint density at radius 1 is 1.24 bits per heavy atom. The zero-order valence-electron chi connectivity index (χ0n) is 10.5. The van der Waals surface area contributed by atoms with Crippen molar-refractivity contribution in [1.29, 1.82) is 0 Å². The molecule has 0 aromatic heterocycles. The van der Waals surface area contributed by atoms with Gasteiger partial charge in [0, 0.05) is 25.3 Å². The van der Waals surface area contributed by atoms with Gasteiger partial charge < -0.3 is 14.2 Å². The Balaban J connectivity index is 2.93. The van der Waals surface area contributed by atoms with Crippen molar-refractivity contribution in [2.75, 3.05) is 27.9 Å². The molecule has 1 atom stereocenters. The zero-order valence-corrected chi connectivity index (χ0v) is 10.5. The Morgan fingerprint density at radius 2 is 2.00 bits per heavy atom. The van der Waals surface area contributed by atoms with Gasteiger partial charge in [-0.2, -0.15) is 0 Å². The highest BCUT2D eigenvalue weighted by atomic mass is 16.5. The lowest BCUT2D eigenvalue weighted by Gasteiger charge is -2.19. The molecule has 1 unspecified atom stereocenters. The number of nitrogens with one attached hydrogen (secondary N) is 1. The maximum atomic E-state index is 5.55. The largest absolute Gasteiger partial charge is 0.497 e. The molecule has 0 fully saturated rings.